The van der Waals surface area contributed by atoms with Crippen LogP contribution in [0, 0.1) is 10.1 Å². The molecule has 3 aromatic rings. The molecule has 0 fully saturated rings. The van der Waals surface area contributed by atoms with Crippen LogP contribution in [0.2, 0.25) is 5.02 Å². The largest absolute Gasteiger partial charge is 0.490 e. The van der Waals surface area contributed by atoms with Crippen LogP contribution < -0.4 is 4.74 Å². The van der Waals surface area contributed by atoms with Crippen molar-refractivity contribution in [2.75, 3.05) is 0 Å². The van der Waals surface area contributed by atoms with Crippen LogP contribution >= 0.6 is 22.9 Å². The van der Waals surface area contributed by atoms with E-state index in [0.717, 1.165) is 17.5 Å². The van der Waals surface area contributed by atoms with E-state index in [1.54, 1.807) is 34.4 Å². The first kappa shape index (κ1) is 22.0. The Morgan fingerprint density at radius 3 is 2.53 bits per heavy atom. The van der Waals surface area contributed by atoms with E-state index in [2.05, 4.69) is 0 Å². The number of nitro benzene ring substituents is 1. The third-order valence-electron chi connectivity index (χ3n) is 5.09. The van der Waals surface area contributed by atoms with Crippen molar-refractivity contribution in [1.82, 2.24) is 4.90 Å². The molecule has 1 aromatic heterocycles. The van der Waals surface area contributed by atoms with Gasteiger partial charge in [-0.25, -0.2) is 0 Å². The van der Waals surface area contributed by atoms with Crippen LogP contribution in [0.25, 0.3) is 0 Å². The van der Waals surface area contributed by atoms with Gasteiger partial charge in [-0.2, -0.15) is 11.3 Å². The second-order valence-electron chi connectivity index (χ2n) is 7.57. The molecule has 32 heavy (non-hydrogen) atoms. The van der Waals surface area contributed by atoms with Crippen molar-refractivity contribution in [2.45, 2.75) is 32.0 Å². The lowest BCUT2D eigenvalue weighted by atomic mass is 9.95. The first-order valence-corrected chi connectivity index (χ1v) is 11.3. The molecule has 2 heterocycles. The minimum absolute atomic E-state index is 0.0933. The number of rotatable bonds is 7. The Morgan fingerprint density at radius 2 is 1.94 bits per heavy atom. The molecule has 2 atom stereocenters. The lowest BCUT2D eigenvalue weighted by molar-refractivity contribution is -0.384. The molecule has 0 bridgehead atoms. The SMILES string of the molecule is CC(C)Oc1cc([N+](=O)[O-])ccc1C1=NC(c2ccsc2)C(c2ccc(Cl)cc2)N1C=O. The van der Waals surface area contributed by atoms with Crippen LogP contribution in [0.4, 0.5) is 5.69 Å². The first-order valence-electron chi connectivity index (χ1n) is 9.93. The standard InChI is InChI=1S/C23H20ClN3O4S/c1-14(2)31-20-11-18(27(29)30)7-8-19(20)23-25-21(16-9-10-32-12-16)22(26(23)13-28)15-3-5-17(24)6-4-15/h3-14,21-22H,1-2H3. The second-order valence-corrected chi connectivity index (χ2v) is 8.78. The summed E-state index contributed by atoms with van der Waals surface area (Å²) < 4.78 is 5.88. The zero-order chi connectivity index (χ0) is 22.8. The molecule has 9 heteroatoms. The minimum Gasteiger partial charge on any atom is -0.490 e. The quantitative estimate of drug-likeness (QED) is 0.248. The monoisotopic (exact) mass is 469 g/mol. The van der Waals surface area contributed by atoms with Gasteiger partial charge in [0.2, 0.25) is 6.41 Å². The van der Waals surface area contributed by atoms with Crippen molar-refractivity contribution in [3.8, 4) is 5.75 Å². The molecule has 164 valence electrons. The average Bonchev–Trinajstić information content (AvgIpc) is 3.41. The van der Waals surface area contributed by atoms with Gasteiger partial charge in [-0.1, -0.05) is 23.7 Å². The Morgan fingerprint density at radius 1 is 1.19 bits per heavy atom. The van der Waals surface area contributed by atoms with Crippen molar-refractivity contribution in [1.29, 1.82) is 0 Å². The highest BCUT2D eigenvalue weighted by molar-refractivity contribution is 7.08. The summed E-state index contributed by atoms with van der Waals surface area (Å²) in [6, 6.07) is 12.9. The van der Waals surface area contributed by atoms with Crippen LogP contribution in [0.1, 0.15) is 42.6 Å². The molecular formula is C23H20ClN3O4S. The van der Waals surface area contributed by atoms with Gasteiger partial charge in [0.25, 0.3) is 5.69 Å². The highest BCUT2D eigenvalue weighted by atomic mass is 35.5. The molecule has 4 rings (SSSR count). The van der Waals surface area contributed by atoms with Gasteiger partial charge in [-0.15, -0.1) is 0 Å². The molecule has 1 aliphatic rings. The van der Waals surface area contributed by atoms with E-state index in [0.29, 0.717) is 22.2 Å². The van der Waals surface area contributed by atoms with Gasteiger partial charge in [-0.3, -0.25) is 24.8 Å². The Bertz CT molecular complexity index is 1160. The molecule has 0 N–H and O–H groups in total. The highest BCUT2D eigenvalue weighted by Gasteiger charge is 2.40. The number of nitro groups is 1. The van der Waals surface area contributed by atoms with Crippen molar-refractivity contribution in [2.24, 2.45) is 4.99 Å². The molecule has 2 unspecified atom stereocenters. The third-order valence-corrected chi connectivity index (χ3v) is 6.05. The first-order chi connectivity index (χ1) is 15.4. The summed E-state index contributed by atoms with van der Waals surface area (Å²) in [5.41, 5.74) is 2.28. The molecule has 0 spiro atoms. The summed E-state index contributed by atoms with van der Waals surface area (Å²) in [5.74, 6) is 0.710. The number of carbonyl (C=O) groups excluding carboxylic acids is 1. The number of hydrogen-bond donors (Lipinski definition) is 0. The van der Waals surface area contributed by atoms with Gasteiger partial charge in [0.05, 0.1) is 28.7 Å². The number of non-ortho nitro benzene ring substituents is 1. The lowest BCUT2D eigenvalue weighted by Crippen LogP contribution is -2.31. The Hall–Kier alpha value is -3.23. The Balaban J connectivity index is 1.86. The van der Waals surface area contributed by atoms with Crippen LogP contribution in [-0.2, 0) is 4.79 Å². The number of ether oxygens (including phenoxy) is 1. The van der Waals surface area contributed by atoms with E-state index < -0.39 is 11.0 Å². The molecule has 1 amide bonds. The van der Waals surface area contributed by atoms with Gasteiger partial charge >= 0.3 is 0 Å². The van der Waals surface area contributed by atoms with Crippen molar-refractivity contribution >= 4 is 40.9 Å². The maximum Gasteiger partial charge on any atom is 0.273 e. The summed E-state index contributed by atoms with van der Waals surface area (Å²) in [6.07, 6.45) is 0.521. The zero-order valence-electron chi connectivity index (χ0n) is 17.3. The third kappa shape index (κ3) is 4.24. The number of halogens is 1. The molecule has 2 aromatic carbocycles. The van der Waals surface area contributed by atoms with E-state index in [1.165, 1.54) is 12.1 Å². The molecule has 0 aliphatic carbocycles. The van der Waals surface area contributed by atoms with E-state index in [4.69, 9.17) is 21.3 Å². The molecule has 0 radical (unpaired) electrons. The smallest absolute Gasteiger partial charge is 0.273 e. The summed E-state index contributed by atoms with van der Waals surface area (Å²) in [4.78, 5) is 29.6. The van der Waals surface area contributed by atoms with Crippen LogP contribution in [0.15, 0.2) is 64.3 Å². The molecule has 1 aliphatic heterocycles. The minimum atomic E-state index is -0.477. The fourth-order valence-electron chi connectivity index (χ4n) is 3.74. The highest BCUT2D eigenvalue weighted by Crippen LogP contribution is 2.44. The number of aliphatic imine (C=N–C) groups is 1. The molecule has 0 saturated carbocycles. The zero-order valence-corrected chi connectivity index (χ0v) is 18.9. The summed E-state index contributed by atoms with van der Waals surface area (Å²) in [7, 11) is 0. The number of thiophene rings is 1. The topological polar surface area (TPSA) is 85.0 Å². The molecule has 7 nitrogen and oxygen atoms in total. The van der Waals surface area contributed by atoms with Crippen LogP contribution in [-0.4, -0.2) is 28.2 Å². The maximum atomic E-state index is 12.3. The number of carbonyl (C=O) groups is 1. The van der Waals surface area contributed by atoms with Gasteiger partial charge in [0.15, 0.2) is 0 Å². The Labute approximate surface area is 194 Å². The number of benzene rings is 2. The van der Waals surface area contributed by atoms with E-state index in [9.17, 15) is 14.9 Å². The summed E-state index contributed by atoms with van der Waals surface area (Å²) in [5, 5.41) is 15.9. The van der Waals surface area contributed by atoms with Crippen molar-refractivity contribution < 1.29 is 14.5 Å². The van der Waals surface area contributed by atoms with Gasteiger partial charge in [0, 0.05) is 11.1 Å². The lowest BCUT2D eigenvalue weighted by Gasteiger charge is -2.26. The van der Waals surface area contributed by atoms with E-state index in [-0.39, 0.29) is 17.8 Å². The fourth-order valence-corrected chi connectivity index (χ4v) is 4.56. The summed E-state index contributed by atoms with van der Waals surface area (Å²) in [6.45, 7) is 3.67. The van der Waals surface area contributed by atoms with Crippen molar-refractivity contribution in [3.05, 3.63) is 91.1 Å². The second kappa shape index (κ2) is 9.10. The van der Waals surface area contributed by atoms with Gasteiger partial charge in [0.1, 0.15) is 17.6 Å². The van der Waals surface area contributed by atoms with Gasteiger partial charge in [-0.05, 0) is 60.0 Å². The number of amides is 1. The fraction of sp³-hybridized carbons (Fsp3) is 0.217. The van der Waals surface area contributed by atoms with Gasteiger partial charge < -0.3 is 4.74 Å². The maximum absolute atomic E-state index is 12.3. The van der Waals surface area contributed by atoms with Crippen LogP contribution in [0.5, 0.6) is 5.75 Å². The number of nitrogens with zero attached hydrogens (tertiary/aromatic N) is 3. The Kier molecular flexibility index (Phi) is 6.25. The average molecular weight is 470 g/mol. The van der Waals surface area contributed by atoms with Crippen LogP contribution in [0.3, 0.4) is 0 Å². The van der Waals surface area contributed by atoms with E-state index in [1.807, 2.05) is 42.8 Å². The molecular weight excluding hydrogens is 450 g/mol. The summed E-state index contributed by atoms with van der Waals surface area (Å²) >= 11 is 7.63. The predicted octanol–water partition coefficient (Wildman–Crippen LogP) is 5.80. The number of hydrogen-bond acceptors (Lipinski definition) is 6. The van der Waals surface area contributed by atoms with E-state index >= 15 is 0 Å². The predicted molar refractivity (Wildman–Crippen MR) is 125 cm³/mol. The number of amidine groups is 1. The normalized spacial score (nSPS) is 18.0. The van der Waals surface area contributed by atoms with Crippen molar-refractivity contribution in [3.63, 3.8) is 0 Å². The molecule has 0 saturated heterocycles.